The fraction of sp³-hybridized carbons (Fsp3) is 0.348. The molecule has 0 aliphatic rings. The lowest BCUT2D eigenvalue weighted by atomic mass is 9.86. The van der Waals surface area contributed by atoms with E-state index in [9.17, 15) is 14.4 Å². The predicted octanol–water partition coefficient (Wildman–Crippen LogP) is 3.21. The van der Waals surface area contributed by atoms with Gasteiger partial charge in [-0.15, -0.1) is 0 Å². The monoisotopic (exact) mass is 396 g/mol. The van der Waals surface area contributed by atoms with Gasteiger partial charge in [-0.3, -0.25) is 9.59 Å². The van der Waals surface area contributed by atoms with Gasteiger partial charge in [0.2, 0.25) is 5.91 Å². The van der Waals surface area contributed by atoms with Crippen LogP contribution in [-0.2, 0) is 21.5 Å². The van der Waals surface area contributed by atoms with E-state index in [-0.39, 0.29) is 17.2 Å². The topological polar surface area (TPSA) is 84.5 Å². The molecule has 0 heterocycles. The van der Waals surface area contributed by atoms with E-state index in [2.05, 4.69) is 36.1 Å². The summed E-state index contributed by atoms with van der Waals surface area (Å²) in [6.45, 7) is 8.25. The van der Waals surface area contributed by atoms with E-state index in [4.69, 9.17) is 0 Å². The van der Waals surface area contributed by atoms with E-state index < -0.39 is 12.0 Å². The van der Waals surface area contributed by atoms with Crippen LogP contribution in [0.15, 0.2) is 48.5 Å². The summed E-state index contributed by atoms with van der Waals surface area (Å²) in [5, 5.41) is 5.49. The summed E-state index contributed by atoms with van der Waals surface area (Å²) >= 11 is 0. The lowest BCUT2D eigenvalue weighted by Gasteiger charge is -2.19. The highest BCUT2D eigenvalue weighted by atomic mass is 16.5. The maximum Gasteiger partial charge on any atom is 0.337 e. The number of carbonyl (C=O) groups is 3. The number of benzene rings is 2. The van der Waals surface area contributed by atoms with Gasteiger partial charge in [-0.2, -0.15) is 0 Å². The zero-order valence-corrected chi connectivity index (χ0v) is 17.5. The van der Waals surface area contributed by atoms with Crippen molar-refractivity contribution >= 4 is 17.8 Å². The molecule has 0 saturated carbocycles. The summed E-state index contributed by atoms with van der Waals surface area (Å²) in [6, 6.07) is 13.5. The molecule has 2 aromatic carbocycles. The van der Waals surface area contributed by atoms with Gasteiger partial charge in [-0.25, -0.2) is 4.79 Å². The molecule has 0 unspecified atom stereocenters. The Labute approximate surface area is 171 Å². The van der Waals surface area contributed by atoms with E-state index in [1.807, 2.05) is 12.1 Å². The largest absolute Gasteiger partial charge is 0.465 e. The van der Waals surface area contributed by atoms with Gasteiger partial charge in [-0.05, 0) is 47.7 Å². The molecular weight excluding hydrogens is 368 g/mol. The average Bonchev–Trinajstić information content (AvgIpc) is 2.71. The molecule has 0 aliphatic carbocycles. The number of hydrogen-bond acceptors (Lipinski definition) is 4. The zero-order chi connectivity index (χ0) is 21.6. The number of methoxy groups -OCH3 is 1. The molecule has 2 aromatic rings. The number of ether oxygens (including phenoxy) is 1. The smallest absolute Gasteiger partial charge is 0.337 e. The third-order valence-electron chi connectivity index (χ3n) is 4.60. The van der Waals surface area contributed by atoms with Crippen LogP contribution < -0.4 is 10.6 Å². The van der Waals surface area contributed by atoms with Crippen molar-refractivity contribution in [2.75, 3.05) is 7.11 Å². The second kappa shape index (κ2) is 9.37. The Kier molecular flexibility index (Phi) is 7.15. The lowest BCUT2D eigenvalue weighted by molar-refractivity contribution is -0.122. The van der Waals surface area contributed by atoms with Crippen molar-refractivity contribution in [3.63, 3.8) is 0 Å². The summed E-state index contributed by atoms with van der Waals surface area (Å²) in [4.78, 5) is 36.1. The van der Waals surface area contributed by atoms with Crippen LogP contribution in [-0.4, -0.2) is 30.9 Å². The second-order valence-electron chi connectivity index (χ2n) is 7.93. The van der Waals surface area contributed by atoms with E-state index in [0.29, 0.717) is 17.7 Å². The average molecular weight is 396 g/mol. The molecule has 0 aromatic heterocycles. The molecule has 1 atom stereocenters. The first-order valence-electron chi connectivity index (χ1n) is 9.48. The number of hydrogen-bond donors (Lipinski definition) is 2. The molecule has 0 saturated heterocycles. The standard InChI is InChI=1S/C23H28N2O4/c1-15(25-21(27)17-10-12-19(13-11-17)23(2,3)4)20(26)24-14-16-6-8-18(9-7-16)22(28)29-5/h6-13,15H,14H2,1-5H3,(H,24,26)(H,25,27)/t15-/m1/s1. The molecule has 0 bridgehead atoms. The normalized spacial score (nSPS) is 12.0. The second-order valence-corrected chi connectivity index (χ2v) is 7.93. The Bertz CT molecular complexity index is 865. The van der Waals surface area contributed by atoms with Crippen molar-refractivity contribution in [3.05, 3.63) is 70.8 Å². The maximum absolute atomic E-state index is 12.4. The Morgan fingerprint density at radius 2 is 1.48 bits per heavy atom. The third kappa shape index (κ3) is 6.17. The molecule has 0 aliphatic heterocycles. The summed E-state index contributed by atoms with van der Waals surface area (Å²) in [6.07, 6.45) is 0. The Balaban J connectivity index is 1.88. The number of esters is 1. The van der Waals surface area contributed by atoms with Crippen molar-refractivity contribution in [2.45, 2.75) is 45.7 Å². The van der Waals surface area contributed by atoms with Gasteiger partial charge in [0.25, 0.3) is 5.91 Å². The van der Waals surface area contributed by atoms with Crippen molar-refractivity contribution in [1.82, 2.24) is 10.6 Å². The number of nitrogens with one attached hydrogen (secondary N) is 2. The molecule has 29 heavy (non-hydrogen) atoms. The first kappa shape index (κ1) is 22.1. The molecule has 6 nitrogen and oxygen atoms in total. The van der Waals surface area contributed by atoms with Gasteiger partial charge in [0.1, 0.15) is 6.04 Å². The highest BCUT2D eigenvalue weighted by Crippen LogP contribution is 2.22. The fourth-order valence-corrected chi connectivity index (χ4v) is 2.69. The summed E-state index contributed by atoms with van der Waals surface area (Å²) < 4.78 is 4.65. The van der Waals surface area contributed by atoms with Crippen LogP contribution in [0.4, 0.5) is 0 Å². The van der Waals surface area contributed by atoms with Crippen LogP contribution in [0.5, 0.6) is 0 Å². The Morgan fingerprint density at radius 3 is 2.00 bits per heavy atom. The minimum Gasteiger partial charge on any atom is -0.465 e. The zero-order valence-electron chi connectivity index (χ0n) is 17.5. The molecule has 0 fully saturated rings. The molecule has 2 rings (SSSR count). The lowest BCUT2D eigenvalue weighted by Crippen LogP contribution is -2.44. The first-order valence-corrected chi connectivity index (χ1v) is 9.48. The Morgan fingerprint density at radius 1 is 0.931 bits per heavy atom. The number of carbonyl (C=O) groups excluding carboxylic acids is 3. The van der Waals surface area contributed by atoms with E-state index in [1.54, 1.807) is 43.3 Å². The van der Waals surface area contributed by atoms with Crippen LogP contribution in [0.1, 0.15) is 59.5 Å². The van der Waals surface area contributed by atoms with Crippen LogP contribution in [0.25, 0.3) is 0 Å². The quantitative estimate of drug-likeness (QED) is 0.735. The summed E-state index contributed by atoms with van der Waals surface area (Å²) in [5.41, 5.74) is 2.94. The Hall–Kier alpha value is -3.15. The first-order chi connectivity index (χ1) is 13.6. The van der Waals surface area contributed by atoms with E-state index >= 15 is 0 Å². The molecule has 2 N–H and O–H groups in total. The number of rotatable bonds is 6. The van der Waals surface area contributed by atoms with E-state index in [1.165, 1.54) is 7.11 Å². The minimum absolute atomic E-state index is 0.0111. The molecule has 6 heteroatoms. The van der Waals surface area contributed by atoms with Gasteiger partial charge in [0.05, 0.1) is 12.7 Å². The minimum atomic E-state index is -0.681. The molecule has 0 spiro atoms. The predicted molar refractivity (Wildman–Crippen MR) is 112 cm³/mol. The van der Waals surface area contributed by atoms with Crippen molar-refractivity contribution in [1.29, 1.82) is 0 Å². The molecule has 2 amide bonds. The van der Waals surface area contributed by atoms with Crippen LogP contribution in [0.2, 0.25) is 0 Å². The van der Waals surface area contributed by atoms with Crippen LogP contribution >= 0.6 is 0 Å². The molecular formula is C23H28N2O4. The van der Waals surface area contributed by atoms with Crippen molar-refractivity contribution < 1.29 is 19.1 Å². The fourth-order valence-electron chi connectivity index (χ4n) is 2.69. The van der Waals surface area contributed by atoms with Gasteiger partial charge >= 0.3 is 5.97 Å². The van der Waals surface area contributed by atoms with Gasteiger partial charge in [-0.1, -0.05) is 45.0 Å². The van der Waals surface area contributed by atoms with Crippen molar-refractivity contribution in [2.24, 2.45) is 0 Å². The highest BCUT2D eigenvalue weighted by Gasteiger charge is 2.18. The molecule has 154 valence electrons. The van der Waals surface area contributed by atoms with Crippen molar-refractivity contribution in [3.8, 4) is 0 Å². The van der Waals surface area contributed by atoms with Gasteiger partial charge in [0, 0.05) is 12.1 Å². The maximum atomic E-state index is 12.4. The summed E-state index contributed by atoms with van der Waals surface area (Å²) in [5.74, 6) is -0.996. The summed E-state index contributed by atoms with van der Waals surface area (Å²) in [7, 11) is 1.32. The number of amides is 2. The van der Waals surface area contributed by atoms with Crippen LogP contribution in [0, 0.1) is 0 Å². The molecule has 0 radical (unpaired) electrons. The SMILES string of the molecule is COC(=O)c1ccc(CNC(=O)[C@@H](C)NC(=O)c2ccc(C(C)(C)C)cc2)cc1. The van der Waals surface area contributed by atoms with Gasteiger partial charge < -0.3 is 15.4 Å². The third-order valence-corrected chi connectivity index (χ3v) is 4.60. The van der Waals surface area contributed by atoms with E-state index in [0.717, 1.165) is 11.1 Å². The van der Waals surface area contributed by atoms with Crippen LogP contribution in [0.3, 0.4) is 0 Å². The van der Waals surface area contributed by atoms with Gasteiger partial charge in [0.15, 0.2) is 0 Å². The highest BCUT2D eigenvalue weighted by molar-refractivity contribution is 5.97.